The first-order valence-electron chi connectivity index (χ1n) is 7.56. The summed E-state index contributed by atoms with van der Waals surface area (Å²) in [5, 5.41) is 7.55. The average Bonchev–Trinajstić information content (AvgIpc) is 3.17. The SMILES string of the molecule is COCC(=O)N1CC[C@H](c2cc(-c3ccc(C)cc3)n[nH]2)C1. The minimum Gasteiger partial charge on any atom is -0.375 e. The monoisotopic (exact) mass is 299 g/mol. The van der Waals surface area contributed by atoms with Gasteiger partial charge in [0, 0.05) is 37.4 Å². The molecule has 0 unspecified atom stereocenters. The van der Waals surface area contributed by atoms with Crippen molar-refractivity contribution < 1.29 is 9.53 Å². The van der Waals surface area contributed by atoms with Gasteiger partial charge in [-0.2, -0.15) is 5.10 Å². The Morgan fingerprint density at radius 3 is 2.91 bits per heavy atom. The predicted octanol–water partition coefficient (Wildman–Crippen LogP) is 2.35. The number of ether oxygens (including phenoxy) is 1. The fourth-order valence-corrected chi connectivity index (χ4v) is 2.87. The van der Waals surface area contributed by atoms with Gasteiger partial charge in [-0.1, -0.05) is 29.8 Å². The molecule has 1 amide bonds. The number of benzene rings is 1. The molecule has 0 saturated carbocycles. The molecular weight excluding hydrogens is 278 g/mol. The standard InChI is InChI=1S/C17H21N3O2/c1-12-3-5-13(6-4-12)15-9-16(19-18-15)14-7-8-20(10-14)17(21)11-22-2/h3-6,9,14H,7-8,10-11H2,1-2H3,(H,18,19)/t14-/m0/s1. The van der Waals surface area contributed by atoms with Crippen LogP contribution in [-0.4, -0.2) is 47.8 Å². The number of hydrogen-bond donors (Lipinski definition) is 1. The van der Waals surface area contributed by atoms with Crippen molar-refractivity contribution in [3.05, 3.63) is 41.6 Å². The van der Waals surface area contributed by atoms with Crippen molar-refractivity contribution in [1.29, 1.82) is 0 Å². The van der Waals surface area contributed by atoms with Gasteiger partial charge in [-0.15, -0.1) is 0 Å². The lowest BCUT2D eigenvalue weighted by atomic mass is 10.0. The number of aromatic amines is 1. The molecule has 2 aromatic rings. The molecule has 1 aliphatic heterocycles. The maximum atomic E-state index is 11.9. The number of carbonyl (C=O) groups excluding carboxylic acids is 1. The molecule has 22 heavy (non-hydrogen) atoms. The van der Waals surface area contributed by atoms with Crippen LogP contribution in [0.3, 0.4) is 0 Å². The molecule has 0 spiro atoms. The van der Waals surface area contributed by atoms with Crippen LogP contribution in [0.2, 0.25) is 0 Å². The Hall–Kier alpha value is -2.14. The second kappa shape index (κ2) is 6.32. The molecule has 5 heteroatoms. The quantitative estimate of drug-likeness (QED) is 0.943. The number of methoxy groups -OCH3 is 1. The zero-order valence-electron chi connectivity index (χ0n) is 13.0. The summed E-state index contributed by atoms with van der Waals surface area (Å²) in [6.07, 6.45) is 0.963. The number of nitrogens with zero attached hydrogens (tertiary/aromatic N) is 2. The summed E-state index contributed by atoms with van der Waals surface area (Å²) in [7, 11) is 1.55. The molecule has 1 aliphatic rings. The van der Waals surface area contributed by atoms with E-state index >= 15 is 0 Å². The van der Waals surface area contributed by atoms with Crippen LogP contribution in [0, 0.1) is 6.92 Å². The first-order valence-corrected chi connectivity index (χ1v) is 7.56. The first kappa shape index (κ1) is 14.8. The number of H-pyrrole nitrogens is 1. The Kier molecular flexibility index (Phi) is 4.24. The van der Waals surface area contributed by atoms with Gasteiger partial charge < -0.3 is 9.64 Å². The van der Waals surface area contributed by atoms with Gasteiger partial charge in [-0.05, 0) is 19.4 Å². The fourth-order valence-electron chi connectivity index (χ4n) is 2.87. The van der Waals surface area contributed by atoms with E-state index in [0.29, 0.717) is 5.92 Å². The molecule has 1 N–H and O–H groups in total. The molecule has 3 rings (SSSR count). The number of aromatic nitrogens is 2. The molecule has 116 valence electrons. The number of likely N-dealkylation sites (tertiary alicyclic amines) is 1. The van der Waals surface area contributed by atoms with Crippen molar-refractivity contribution in [1.82, 2.24) is 15.1 Å². The Bertz CT molecular complexity index is 648. The topological polar surface area (TPSA) is 58.2 Å². The third kappa shape index (κ3) is 3.04. The van der Waals surface area contributed by atoms with Crippen LogP contribution < -0.4 is 0 Å². The van der Waals surface area contributed by atoms with Crippen LogP contribution in [-0.2, 0) is 9.53 Å². The van der Waals surface area contributed by atoms with Crippen molar-refractivity contribution in [3.63, 3.8) is 0 Å². The summed E-state index contributed by atoms with van der Waals surface area (Å²) < 4.78 is 4.92. The van der Waals surface area contributed by atoms with E-state index in [0.717, 1.165) is 36.5 Å². The van der Waals surface area contributed by atoms with Crippen molar-refractivity contribution in [2.24, 2.45) is 0 Å². The minimum absolute atomic E-state index is 0.0586. The third-order valence-electron chi connectivity index (χ3n) is 4.19. The summed E-state index contributed by atoms with van der Waals surface area (Å²) in [6, 6.07) is 10.4. The number of carbonyl (C=O) groups is 1. The van der Waals surface area contributed by atoms with Gasteiger partial charge in [0.2, 0.25) is 5.91 Å². The molecular formula is C17H21N3O2. The third-order valence-corrected chi connectivity index (χ3v) is 4.19. The number of nitrogens with one attached hydrogen (secondary N) is 1. The molecule has 1 atom stereocenters. The lowest BCUT2D eigenvalue weighted by molar-refractivity contribution is -0.134. The number of rotatable bonds is 4. The van der Waals surface area contributed by atoms with Crippen molar-refractivity contribution in [2.45, 2.75) is 19.3 Å². The van der Waals surface area contributed by atoms with Crippen LogP contribution in [0.4, 0.5) is 0 Å². The summed E-state index contributed by atoms with van der Waals surface area (Å²) in [5.74, 6) is 0.385. The summed E-state index contributed by atoms with van der Waals surface area (Å²) in [6.45, 7) is 3.75. The normalized spacial score (nSPS) is 17.9. The minimum atomic E-state index is 0.0586. The van der Waals surface area contributed by atoms with E-state index in [1.807, 2.05) is 4.90 Å². The zero-order chi connectivity index (χ0) is 15.5. The molecule has 0 bridgehead atoms. The molecule has 0 radical (unpaired) electrons. The Balaban J connectivity index is 1.69. The molecule has 2 heterocycles. The van der Waals surface area contributed by atoms with Crippen molar-refractivity contribution in [2.75, 3.05) is 26.8 Å². The van der Waals surface area contributed by atoms with Crippen molar-refractivity contribution >= 4 is 5.91 Å². The second-order valence-electron chi connectivity index (χ2n) is 5.83. The maximum Gasteiger partial charge on any atom is 0.248 e. The van der Waals surface area contributed by atoms with Crippen LogP contribution >= 0.6 is 0 Å². The molecule has 1 saturated heterocycles. The van der Waals surface area contributed by atoms with Gasteiger partial charge in [0.25, 0.3) is 0 Å². The number of hydrogen-bond acceptors (Lipinski definition) is 3. The highest BCUT2D eigenvalue weighted by molar-refractivity contribution is 5.77. The highest BCUT2D eigenvalue weighted by Gasteiger charge is 2.28. The van der Waals surface area contributed by atoms with Gasteiger partial charge in [0.15, 0.2) is 0 Å². The fraction of sp³-hybridized carbons (Fsp3) is 0.412. The van der Waals surface area contributed by atoms with Crippen LogP contribution in [0.25, 0.3) is 11.3 Å². The van der Waals surface area contributed by atoms with Gasteiger partial charge in [-0.3, -0.25) is 9.89 Å². The maximum absolute atomic E-state index is 11.9. The van der Waals surface area contributed by atoms with Crippen LogP contribution in [0.5, 0.6) is 0 Å². The van der Waals surface area contributed by atoms with Gasteiger partial charge in [0.05, 0.1) is 5.69 Å². The van der Waals surface area contributed by atoms with Crippen LogP contribution in [0.1, 0.15) is 23.6 Å². The zero-order valence-corrected chi connectivity index (χ0v) is 13.0. The molecule has 1 aromatic carbocycles. The lowest BCUT2D eigenvalue weighted by Gasteiger charge is -2.15. The predicted molar refractivity (Wildman–Crippen MR) is 84.6 cm³/mol. The first-order chi connectivity index (χ1) is 10.7. The molecule has 0 aliphatic carbocycles. The Morgan fingerprint density at radius 1 is 1.41 bits per heavy atom. The van der Waals surface area contributed by atoms with E-state index in [9.17, 15) is 4.79 Å². The second-order valence-corrected chi connectivity index (χ2v) is 5.83. The van der Waals surface area contributed by atoms with Crippen LogP contribution in [0.15, 0.2) is 30.3 Å². The Morgan fingerprint density at radius 2 is 2.18 bits per heavy atom. The average molecular weight is 299 g/mol. The van der Waals surface area contributed by atoms with E-state index in [-0.39, 0.29) is 12.5 Å². The molecule has 1 fully saturated rings. The summed E-state index contributed by atoms with van der Waals surface area (Å²) in [4.78, 5) is 13.7. The number of amides is 1. The van der Waals surface area contributed by atoms with E-state index < -0.39 is 0 Å². The smallest absolute Gasteiger partial charge is 0.248 e. The van der Waals surface area contributed by atoms with E-state index in [1.165, 1.54) is 5.56 Å². The van der Waals surface area contributed by atoms with E-state index in [4.69, 9.17) is 4.74 Å². The molecule has 5 nitrogen and oxygen atoms in total. The number of aryl methyl sites for hydroxylation is 1. The Labute approximate surface area is 130 Å². The van der Waals surface area contributed by atoms with E-state index in [1.54, 1.807) is 7.11 Å². The highest BCUT2D eigenvalue weighted by atomic mass is 16.5. The summed E-state index contributed by atoms with van der Waals surface area (Å²) >= 11 is 0. The van der Waals surface area contributed by atoms with Gasteiger partial charge in [0.1, 0.15) is 6.61 Å². The van der Waals surface area contributed by atoms with Crippen molar-refractivity contribution in [3.8, 4) is 11.3 Å². The summed E-state index contributed by atoms with van der Waals surface area (Å²) in [5.41, 5.74) is 4.40. The largest absolute Gasteiger partial charge is 0.375 e. The van der Waals surface area contributed by atoms with Gasteiger partial charge in [-0.25, -0.2) is 0 Å². The molecule has 1 aromatic heterocycles. The lowest BCUT2D eigenvalue weighted by Crippen LogP contribution is -2.31. The van der Waals surface area contributed by atoms with Gasteiger partial charge >= 0.3 is 0 Å². The highest BCUT2D eigenvalue weighted by Crippen LogP contribution is 2.28. The van der Waals surface area contributed by atoms with E-state index in [2.05, 4.69) is 47.5 Å².